The number of phenols is 1. The zero-order valence-corrected chi connectivity index (χ0v) is 11.6. The summed E-state index contributed by atoms with van der Waals surface area (Å²) in [5.74, 6) is -0.0301. The summed E-state index contributed by atoms with van der Waals surface area (Å²) in [5.41, 5.74) is 2.69. The monoisotopic (exact) mass is 262 g/mol. The molecule has 1 aromatic carbocycles. The van der Waals surface area contributed by atoms with Crippen LogP contribution in [0.15, 0.2) is 29.4 Å². The highest BCUT2D eigenvalue weighted by Crippen LogP contribution is 2.15. The van der Waals surface area contributed by atoms with Gasteiger partial charge in [-0.05, 0) is 30.9 Å². The first-order valence-corrected chi connectivity index (χ1v) is 6.80. The first kappa shape index (κ1) is 15.2. The number of hydrazone groups is 1. The molecule has 1 atom stereocenters. The van der Waals surface area contributed by atoms with Gasteiger partial charge in [0.15, 0.2) is 0 Å². The van der Waals surface area contributed by atoms with Crippen LogP contribution in [0.5, 0.6) is 5.75 Å². The van der Waals surface area contributed by atoms with Gasteiger partial charge in [-0.3, -0.25) is 4.79 Å². The van der Waals surface area contributed by atoms with Crippen LogP contribution in [0.3, 0.4) is 0 Å². The van der Waals surface area contributed by atoms with Crippen molar-refractivity contribution in [2.75, 3.05) is 0 Å². The molecule has 1 unspecified atom stereocenters. The number of hydrogen-bond acceptors (Lipinski definition) is 3. The van der Waals surface area contributed by atoms with E-state index in [-0.39, 0.29) is 17.2 Å². The van der Waals surface area contributed by atoms with Gasteiger partial charge in [-0.1, -0.05) is 38.8 Å². The van der Waals surface area contributed by atoms with E-state index in [4.69, 9.17) is 0 Å². The Hall–Kier alpha value is -1.84. The van der Waals surface area contributed by atoms with Crippen molar-refractivity contribution in [3.8, 4) is 5.75 Å². The molecule has 0 fully saturated rings. The lowest BCUT2D eigenvalue weighted by Crippen LogP contribution is -2.18. The van der Waals surface area contributed by atoms with Gasteiger partial charge in [0.2, 0.25) is 0 Å². The van der Waals surface area contributed by atoms with E-state index >= 15 is 0 Å². The highest BCUT2D eigenvalue weighted by molar-refractivity contribution is 5.96. The third kappa shape index (κ3) is 5.12. The van der Waals surface area contributed by atoms with E-state index in [1.54, 1.807) is 24.4 Å². The molecule has 104 valence electrons. The van der Waals surface area contributed by atoms with Gasteiger partial charge in [0.05, 0.1) is 5.56 Å². The van der Waals surface area contributed by atoms with Crippen LogP contribution in [0, 0.1) is 5.92 Å². The summed E-state index contributed by atoms with van der Waals surface area (Å²) in [7, 11) is 0. The summed E-state index contributed by atoms with van der Waals surface area (Å²) in [6, 6.07) is 6.42. The number of aromatic hydroxyl groups is 1. The molecule has 0 heterocycles. The number of benzene rings is 1. The molecule has 1 rings (SSSR count). The second kappa shape index (κ2) is 8.29. The van der Waals surface area contributed by atoms with E-state index in [2.05, 4.69) is 24.4 Å². The van der Waals surface area contributed by atoms with Crippen LogP contribution in [0.2, 0.25) is 0 Å². The number of rotatable bonds is 7. The minimum Gasteiger partial charge on any atom is -0.507 e. The van der Waals surface area contributed by atoms with E-state index in [0.29, 0.717) is 5.92 Å². The quantitative estimate of drug-likeness (QED) is 0.585. The van der Waals surface area contributed by atoms with Gasteiger partial charge in [0, 0.05) is 6.21 Å². The minimum absolute atomic E-state index is 0.0341. The van der Waals surface area contributed by atoms with Crippen LogP contribution in [-0.4, -0.2) is 17.2 Å². The van der Waals surface area contributed by atoms with Crippen molar-refractivity contribution < 1.29 is 9.90 Å². The van der Waals surface area contributed by atoms with Gasteiger partial charge in [0.25, 0.3) is 5.91 Å². The summed E-state index contributed by atoms with van der Waals surface area (Å²) in [4.78, 5) is 11.8. The van der Waals surface area contributed by atoms with Crippen LogP contribution < -0.4 is 5.43 Å². The number of hydrogen-bond donors (Lipinski definition) is 2. The first-order chi connectivity index (χ1) is 9.19. The highest BCUT2D eigenvalue weighted by atomic mass is 16.3. The average molecular weight is 262 g/mol. The Labute approximate surface area is 114 Å². The van der Waals surface area contributed by atoms with Crippen LogP contribution in [0.1, 0.15) is 49.9 Å². The number of unbranched alkanes of at least 4 members (excludes halogenated alkanes) is 1. The van der Waals surface area contributed by atoms with Crippen molar-refractivity contribution >= 4 is 12.1 Å². The molecule has 0 aliphatic rings. The molecule has 0 aliphatic carbocycles. The van der Waals surface area contributed by atoms with Crippen LogP contribution >= 0.6 is 0 Å². The largest absolute Gasteiger partial charge is 0.507 e. The lowest BCUT2D eigenvalue weighted by molar-refractivity contribution is 0.0952. The van der Waals surface area contributed by atoms with E-state index < -0.39 is 0 Å². The van der Waals surface area contributed by atoms with Gasteiger partial charge < -0.3 is 5.11 Å². The van der Waals surface area contributed by atoms with Crippen molar-refractivity contribution in [2.24, 2.45) is 11.0 Å². The number of amides is 1. The topological polar surface area (TPSA) is 61.7 Å². The molecular weight excluding hydrogens is 240 g/mol. The Morgan fingerprint density at radius 3 is 2.79 bits per heavy atom. The third-order valence-electron chi connectivity index (χ3n) is 3.05. The van der Waals surface area contributed by atoms with Gasteiger partial charge in [-0.15, -0.1) is 0 Å². The minimum atomic E-state index is -0.389. The molecule has 1 aromatic rings. The summed E-state index contributed by atoms with van der Waals surface area (Å²) >= 11 is 0. The molecule has 0 aliphatic heterocycles. The van der Waals surface area contributed by atoms with Gasteiger partial charge in [0.1, 0.15) is 5.75 Å². The SMILES string of the molecule is CCCCC(/C=N/NC(=O)c1ccccc1O)CC. The second-order valence-electron chi connectivity index (χ2n) is 4.55. The van der Waals surface area contributed by atoms with E-state index in [1.807, 2.05) is 0 Å². The van der Waals surface area contributed by atoms with E-state index in [9.17, 15) is 9.90 Å². The predicted molar refractivity (Wildman–Crippen MR) is 77.4 cm³/mol. The summed E-state index contributed by atoms with van der Waals surface area (Å²) in [6.07, 6.45) is 6.21. The molecule has 2 N–H and O–H groups in total. The number of carbonyl (C=O) groups is 1. The smallest absolute Gasteiger partial charge is 0.275 e. The fourth-order valence-electron chi connectivity index (χ4n) is 1.78. The lowest BCUT2D eigenvalue weighted by atomic mass is 10.0. The van der Waals surface area contributed by atoms with Crippen molar-refractivity contribution in [3.63, 3.8) is 0 Å². The van der Waals surface area contributed by atoms with Gasteiger partial charge >= 0.3 is 0 Å². The van der Waals surface area contributed by atoms with Crippen molar-refractivity contribution in [3.05, 3.63) is 29.8 Å². The third-order valence-corrected chi connectivity index (χ3v) is 3.05. The standard InChI is InChI=1S/C15H22N2O2/c1-3-5-8-12(4-2)11-16-17-15(19)13-9-6-7-10-14(13)18/h6-7,9-12,18H,3-5,8H2,1-2H3,(H,17,19)/b16-11+. The maximum Gasteiger partial charge on any atom is 0.275 e. The van der Waals surface area contributed by atoms with Crippen LogP contribution in [0.4, 0.5) is 0 Å². The molecule has 4 nitrogen and oxygen atoms in total. The normalized spacial score (nSPS) is 12.5. The fraction of sp³-hybridized carbons (Fsp3) is 0.467. The van der Waals surface area contributed by atoms with Crippen molar-refractivity contribution in [1.82, 2.24) is 5.43 Å². The van der Waals surface area contributed by atoms with E-state index in [1.165, 1.54) is 6.07 Å². The Balaban J connectivity index is 2.51. The molecule has 0 saturated heterocycles. The summed E-state index contributed by atoms with van der Waals surface area (Å²) in [6.45, 7) is 4.26. The van der Waals surface area contributed by atoms with E-state index in [0.717, 1.165) is 25.7 Å². The number of carbonyl (C=O) groups excluding carboxylic acids is 1. The molecule has 0 radical (unpaired) electrons. The molecular formula is C15H22N2O2. The first-order valence-electron chi connectivity index (χ1n) is 6.80. The lowest BCUT2D eigenvalue weighted by Gasteiger charge is -2.08. The van der Waals surface area contributed by atoms with Crippen molar-refractivity contribution in [1.29, 1.82) is 0 Å². The molecule has 0 bridgehead atoms. The highest BCUT2D eigenvalue weighted by Gasteiger charge is 2.09. The van der Waals surface area contributed by atoms with Crippen LogP contribution in [0.25, 0.3) is 0 Å². The number of nitrogens with one attached hydrogen (secondary N) is 1. The molecule has 1 amide bonds. The maximum atomic E-state index is 11.8. The molecule has 4 heteroatoms. The molecule has 19 heavy (non-hydrogen) atoms. The zero-order valence-electron chi connectivity index (χ0n) is 11.6. The number of phenolic OH excluding ortho intramolecular Hbond substituents is 1. The number of para-hydroxylation sites is 1. The summed E-state index contributed by atoms with van der Waals surface area (Å²) in [5, 5.41) is 13.5. The van der Waals surface area contributed by atoms with Crippen molar-refractivity contribution in [2.45, 2.75) is 39.5 Å². The Morgan fingerprint density at radius 2 is 2.16 bits per heavy atom. The summed E-state index contributed by atoms with van der Waals surface area (Å²) < 4.78 is 0. The number of nitrogens with zero attached hydrogens (tertiary/aromatic N) is 1. The van der Waals surface area contributed by atoms with Crippen LogP contribution in [-0.2, 0) is 0 Å². The predicted octanol–water partition coefficient (Wildman–Crippen LogP) is 3.32. The Bertz CT molecular complexity index is 430. The van der Waals surface area contributed by atoms with Gasteiger partial charge in [-0.25, -0.2) is 5.43 Å². The molecule has 0 saturated carbocycles. The van der Waals surface area contributed by atoms with Gasteiger partial charge in [-0.2, -0.15) is 5.10 Å². The molecule has 0 spiro atoms. The second-order valence-corrected chi connectivity index (χ2v) is 4.55. The average Bonchev–Trinajstić information content (AvgIpc) is 2.42. The fourth-order valence-corrected chi connectivity index (χ4v) is 1.78. The zero-order chi connectivity index (χ0) is 14.1. The molecule has 0 aromatic heterocycles. The maximum absolute atomic E-state index is 11.8. The Kier molecular flexibility index (Phi) is 6.64. The Morgan fingerprint density at radius 1 is 1.42 bits per heavy atom.